The van der Waals surface area contributed by atoms with Crippen LogP contribution in [0.2, 0.25) is 0 Å². The van der Waals surface area contributed by atoms with Crippen molar-refractivity contribution in [2.45, 2.75) is 37.6 Å². The molecule has 0 amide bonds. The standard InChI is InChI=1S/C10H19F3N2O/c1-15(5-4-10(11,12)13)7-9-3-2-8(6-14)16-9/h8-9H,2-7,14H2,1H3. The van der Waals surface area contributed by atoms with E-state index in [-0.39, 0.29) is 18.8 Å². The summed E-state index contributed by atoms with van der Waals surface area (Å²) in [7, 11) is 1.69. The lowest BCUT2D eigenvalue weighted by atomic mass is 10.2. The number of nitrogens with two attached hydrogens (primary N) is 1. The Morgan fingerprint density at radius 2 is 1.94 bits per heavy atom. The van der Waals surface area contributed by atoms with Crippen LogP contribution in [0.3, 0.4) is 0 Å². The summed E-state index contributed by atoms with van der Waals surface area (Å²) in [6, 6.07) is 0. The molecule has 96 valence electrons. The van der Waals surface area contributed by atoms with Gasteiger partial charge in [-0.1, -0.05) is 0 Å². The number of hydrogen-bond donors (Lipinski definition) is 1. The second kappa shape index (κ2) is 5.84. The van der Waals surface area contributed by atoms with Crippen molar-refractivity contribution in [2.75, 3.05) is 26.7 Å². The Balaban J connectivity index is 2.17. The molecule has 1 fully saturated rings. The molecule has 1 rings (SSSR count). The van der Waals surface area contributed by atoms with Crippen molar-refractivity contribution in [3.63, 3.8) is 0 Å². The predicted octanol–water partition coefficient (Wildman–Crippen LogP) is 1.38. The van der Waals surface area contributed by atoms with Crippen molar-refractivity contribution < 1.29 is 17.9 Å². The van der Waals surface area contributed by atoms with E-state index in [9.17, 15) is 13.2 Å². The van der Waals surface area contributed by atoms with Crippen LogP contribution in [0.1, 0.15) is 19.3 Å². The molecule has 0 aliphatic carbocycles. The predicted molar refractivity (Wildman–Crippen MR) is 55.1 cm³/mol. The van der Waals surface area contributed by atoms with Gasteiger partial charge in [-0.3, -0.25) is 0 Å². The van der Waals surface area contributed by atoms with Crippen molar-refractivity contribution in [1.29, 1.82) is 0 Å². The van der Waals surface area contributed by atoms with Crippen LogP contribution in [0.15, 0.2) is 0 Å². The lowest BCUT2D eigenvalue weighted by Gasteiger charge is -2.21. The Labute approximate surface area is 93.7 Å². The van der Waals surface area contributed by atoms with Gasteiger partial charge in [-0.05, 0) is 19.9 Å². The van der Waals surface area contributed by atoms with Crippen LogP contribution in [0.25, 0.3) is 0 Å². The van der Waals surface area contributed by atoms with Crippen LogP contribution in [-0.2, 0) is 4.74 Å². The molecule has 0 spiro atoms. The maximum Gasteiger partial charge on any atom is 0.390 e. The summed E-state index contributed by atoms with van der Waals surface area (Å²) in [5.41, 5.74) is 5.46. The van der Waals surface area contributed by atoms with Crippen LogP contribution < -0.4 is 5.73 Å². The minimum atomic E-state index is -4.08. The van der Waals surface area contributed by atoms with Crippen LogP contribution in [0, 0.1) is 0 Å². The summed E-state index contributed by atoms with van der Waals surface area (Å²) in [4.78, 5) is 1.66. The smallest absolute Gasteiger partial charge is 0.372 e. The Morgan fingerprint density at radius 3 is 2.44 bits per heavy atom. The van der Waals surface area contributed by atoms with E-state index in [1.807, 2.05) is 0 Å². The number of halogens is 3. The summed E-state index contributed by atoms with van der Waals surface area (Å²) < 4.78 is 41.5. The third-order valence-electron chi connectivity index (χ3n) is 2.75. The Morgan fingerprint density at radius 1 is 1.31 bits per heavy atom. The zero-order chi connectivity index (χ0) is 12.2. The normalized spacial score (nSPS) is 26.6. The van der Waals surface area contributed by atoms with Gasteiger partial charge in [-0.25, -0.2) is 0 Å². The Kier molecular flexibility index (Phi) is 5.01. The first-order valence-electron chi connectivity index (χ1n) is 5.51. The molecule has 3 nitrogen and oxygen atoms in total. The molecule has 0 bridgehead atoms. The molecule has 16 heavy (non-hydrogen) atoms. The highest BCUT2D eigenvalue weighted by atomic mass is 19.4. The van der Waals surface area contributed by atoms with Gasteiger partial charge in [0, 0.05) is 19.6 Å². The molecule has 0 aromatic heterocycles. The highest BCUT2D eigenvalue weighted by Crippen LogP contribution is 2.22. The van der Waals surface area contributed by atoms with Gasteiger partial charge >= 0.3 is 6.18 Å². The van der Waals surface area contributed by atoms with Gasteiger partial charge in [0.25, 0.3) is 0 Å². The van der Waals surface area contributed by atoms with Gasteiger partial charge < -0.3 is 15.4 Å². The Bertz CT molecular complexity index is 211. The number of ether oxygens (including phenoxy) is 1. The number of rotatable bonds is 5. The van der Waals surface area contributed by atoms with Gasteiger partial charge in [0.2, 0.25) is 0 Å². The van der Waals surface area contributed by atoms with Crippen LogP contribution in [0.5, 0.6) is 0 Å². The second-order valence-corrected chi connectivity index (χ2v) is 4.32. The van der Waals surface area contributed by atoms with Crippen LogP contribution >= 0.6 is 0 Å². The molecule has 2 atom stereocenters. The summed E-state index contributed by atoms with van der Waals surface area (Å²) in [6.45, 7) is 1.06. The molecule has 2 N–H and O–H groups in total. The molecule has 0 radical (unpaired) electrons. The topological polar surface area (TPSA) is 38.5 Å². The number of likely N-dealkylation sites (N-methyl/N-ethyl adjacent to an activating group) is 1. The fourth-order valence-corrected chi connectivity index (χ4v) is 1.84. The average Bonchev–Trinajstić information content (AvgIpc) is 2.61. The maximum atomic E-state index is 12.0. The largest absolute Gasteiger partial charge is 0.390 e. The maximum absolute atomic E-state index is 12.0. The van der Waals surface area contributed by atoms with Crippen LogP contribution in [0.4, 0.5) is 13.2 Å². The summed E-state index contributed by atoms with van der Waals surface area (Å²) >= 11 is 0. The SMILES string of the molecule is CN(CCC(F)(F)F)CC1CCC(CN)O1. The molecule has 2 unspecified atom stereocenters. The minimum Gasteiger partial charge on any atom is -0.372 e. The monoisotopic (exact) mass is 240 g/mol. The van der Waals surface area contributed by atoms with Crippen molar-refractivity contribution in [3.8, 4) is 0 Å². The highest BCUT2D eigenvalue weighted by molar-refractivity contribution is 4.76. The third kappa shape index (κ3) is 5.14. The van der Waals surface area contributed by atoms with Gasteiger partial charge in [0.1, 0.15) is 0 Å². The van der Waals surface area contributed by atoms with Gasteiger partial charge in [-0.15, -0.1) is 0 Å². The number of alkyl halides is 3. The first kappa shape index (κ1) is 13.7. The van der Waals surface area contributed by atoms with E-state index in [2.05, 4.69) is 0 Å². The van der Waals surface area contributed by atoms with E-state index in [0.717, 1.165) is 12.8 Å². The van der Waals surface area contributed by atoms with E-state index in [1.165, 1.54) is 0 Å². The lowest BCUT2D eigenvalue weighted by molar-refractivity contribution is -0.138. The van der Waals surface area contributed by atoms with E-state index in [1.54, 1.807) is 11.9 Å². The minimum absolute atomic E-state index is 0.0245. The number of hydrogen-bond acceptors (Lipinski definition) is 3. The zero-order valence-electron chi connectivity index (χ0n) is 9.46. The molecular weight excluding hydrogens is 221 g/mol. The van der Waals surface area contributed by atoms with Crippen molar-refractivity contribution in [1.82, 2.24) is 4.90 Å². The van der Waals surface area contributed by atoms with E-state index < -0.39 is 12.6 Å². The summed E-state index contributed by atoms with van der Waals surface area (Å²) in [6.07, 6.45) is -2.93. The Hall–Kier alpha value is -0.330. The van der Waals surface area contributed by atoms with E-state index in [4.69, 9.17) is 10.5 Å². The van der Waals surface area contributed by atoms with E-state index in [0.29, 0.717) is 13.1 Å². The second-order valence-electron chi connectivity index (χ2n) is 4.32. The van der Waals surface area contributed by atoms with Gasteiger partial charge in [0.15, 0.2) is 0 Å². The lowest BCUT2D eigenvalue weighted by Crippen LogP contribution is -2.32. The fraction of sp³-hybridized carbons (Fsp3) is 1.00. The van der Waals surface area contributed by atoms with Crippen molar-refractivity contribution >= 4 is 0 Å². The van der Waals surface area contributed by atoms with Crippen LogP contribution in [-0.4, -0.2) is 50.0 Å². The molecule has 0 aromatic rings. The number of nitrogens with zero attached hydrogens (tertiary/aromatic N) is 1. The van der Waals surface area contributed by atoms with E-state index >= 15 is 0 Å². The molecule has 6 heteroatoms. The molecule has 0 saturated carbocycles. The first-order chi connectivity index (χ1) is 7.40. The molecule has 1 aliphatic heterocycles. The molecule has 1 aliphatic rings. The first-order valence-corrected chi connectivity index (χ1v) is 5.51. The average molecular weight is 240 g/mol. The molecule has 0 aromatic carbocycles. The molecule has 1 saturated heterocycles. The van der Waals surface area contributed by atoms with Gasteiger partial charge in [0.05, 0.1) is 18.6 Å². The zero-order valence-corrected chi connectivity index (χ0v) is 9.46. The van der Waals surface area contributed by atoms with Crippen molar-refractivity contribution in [3.05, 3.63) is 0 Å². The summed E-state index contributed by atoms with van der Waals surface area (Å²) in [5.74, 6) is 0. The highest BCUT2D eigenvalue weighted by Gasteiger charge is 2.29. The molecular formula is C10H19F3N2O. The molecule has 1 heterocycles. The fourth-order valence-electron chi connectivity index (χ4n) is 1.84. The quantitative estimate of drug-likeness (QED) is 0.789. The van der Waals surface area contributed by atoms with Crippen molar-refractivity contribution in [2.24, 2.45) is 5.73 Å². The summed E-state index contributed by atoms with van der Waals surface area (Å²) in [5, 5.41) is 0. The third-order valence-corrected chi connectivity index (χ3v) is 2.75. The van der Waals surface area contributed by atoms with Gasteiger partial charge in [-0.2, -0.15) is 13.2 Å².